The van der Waals surface area contributed by atoms with Crippen molar-refractivity contribution in [3.05, 3.63) is 58.7 Å². The van der Waals surface area contributed by atoms with E-state index < -0.39 is 11.9 Å². The fourth-order valence-corrected chi connectivity index (χ4v) is 2.81. The fraction of sp³-hybridized carbons (Fsp3) is 0.211. The van der Waals surface area contributed by atoms with Crippen LogP contribution in [-0.2, 0) is 9.53 Å². The number of anilines is 1. The van der Waals surface area contributed by atoms with Crippen LogP contribution in [-0.4, -0.2) is 18.5 Å². The van der Waals surface area contributed by atoms with Gasteiger partial charge in [-0.2, -0.15) is 5.26 Å². The minimum absolute atomic E-state index is 0.361. The van der Waals surface area contributed by atoms with Gasteiger partial charge in [0.25, 0.3) is 5.91 Å². The number of rotatable bonds is 5. The first-order valence-electron chi connectivity index (χ1n) is 7.61. The summed E-state index contributed by atoms with van der Waals surface area (Å²) in [4.78, 5) is 24.9. The predicted octanol–water partition coefficient (Wildman–Crippen LogP) is 3.98. The van der Waals surface area contributed by atoms with Crippen molar-refractivity contribution in [3.63, 3.8) is 0 Å². The van der Waals surface area contributed by atoms with Crippen LogP contribution >= 0.6 is 11.8 Å². The summed E-state index contributed by atoms with van der Waals surface area (Å²) in [6.07, 6.45) is 0. The molecular formula is C19H18N2O3S. The van der Waals surface area contributed by atoms with E-state index in [1.807, 2.05) is 44.4 Å². The van der Waals surface area contributed by atoms with Gasteiger partial charge in [-0.1, -0.05) is 17.7 Å². The molecule has 6 heteroatoms. The minimum Gasteiger partial charge on any atom is -0.452 e. The Balaban J connectivity index is 1.94. The highest BCUT2D eigenvalue weighted by Crippen LogP contribution is 2.23. The highest BCUT2D eigenvalue weighted by atomic mass is 32.2. The van der Waals surface area contributed by atoms with Crippen molar-refractivity contribution in [1.82, 2.24) is 0 Å². The van der Waals surface area contributed by atoms with E-state index in [-0.39, 0.29) is 6.61 Å². The molecule has 25 heavy (non-hydrogen) atoms. The first-order chi connectivity index (χ1) is 11.9. The molecule has 0 heterocycles. The van der Waals surface area contributed by atoms with E-state index in [9.17, 15) is 9.59 Å². The van der Waals surface area contributed by atoms with E-state index in [0.29, 0.717) is 11.3 Å². The maximum Gasteiger partial charge on any atom is 0.338 e. The number of nitrogens with one attached hydrogen (secondary N) is 1. The van der Waals surface area contributed by atoms with Crippen LogP contribution in [0.5, 0.6) is 0 Å². The molecule has 0 aromatic heterocycles. The Bertz CT molecular complexity index is 856. The molecule has 0 spiro atoms. The van der Waals surface area contributed by atoms with E-state index in [1.54, 1.807) is 18.2 Å². The number of nitrogens with zero attached hydrogens (tertiary/aromatic N) is 1. The minimum atomic E-state index is -0.523. The molecule has 0 aliphatic carbocycles. The Labute approximate surface area is 151 Å². The molecule has 2 rings (SSSR count). The van der Waals surface area contributed by atoms with E-state index in [2.05, 4.69) is 5.32 Å². The van der Waals surface area contributed by atoms with Crippen molar-refractivity contribution < 1.29 is 14.3 Å². The molecule has 0 saturated heterocycles. The van der Waals surface area contributed by atoms with Gasteiger partial charge in [0.2, 0.25) is 0 Å². The summed E-state index contributed by atoms with van der Waals surface area (Å²) in [6, 6.07) is 10.7. The van der Waals surface area contributed by atoms with Gasteiger partial charge in [0.1, 0.15) is 5.40 Å². The average molecular weight is 354 g/mol. The van der Waals surface area contributed by atoms with Crippen LogP contribution in [0.15, 0.2) is 41.3 Å². The number of hydrogen-bond donors (Lipinski definition) is 1. The average Bonchev–Trinajstić information content (AvgIpc) is 2.55. The number of benzene rings is 2. The third-order valence-corrected chi connectivity index (χ3v) is 4.15. The largest absolute Gasteiger partial charge is 0.452 e. The van der Waals surface area contributed by atoms with Gasteiger partial charge >= 0.3 is 5.97 Å². The number of carbonyl (C=O) groups excluding carboxylic acids is 2. The number of thiocyanates is 1. The molecule has 128 valence electrons. The number of thioether (sulfide) groups is 1. The monoisotopic (exact) mass is 354 g/mol. The number of hydrogen-bond acceptors (Lipinski definition) is 5. The Kier molecular flexibility index (Phi) is 6.20. The van der Waals surface area contributed by atoms with E-state index in [1.165, 1.54) is 0 Å². The molecular weight excluding hydrogens is 336 g/mol. The third-order valence-electron chi connectivity index (χ3n) is 3.57. The molecule has 0 bridgehead atoms. The van der Waals surface area contributed by atoms with Gasteiger partial charge in [0.05, 0.1) is 5.56 Å². The van der Waals surface area contributed by atoms with Crippen LogP contribution in [0.3, 0.4) is 0 Å². The van der Waals surface area contributed by atoms with Crippen molar-refractivity contribution in [2.75, 3.05) is 11.9 Å². The molecule has 0 fully saturated rings. The van der Waals surface area contributed by atoms with Crippen LogP contribution in [0, 0.1) is 31.4 Å². The van der Waals surface area contributed by atoms with Crippen LogP contribution in [0.25, 0.3) is 0 Å². The zero-order valence-corrected chi connectivity index (χ0v) is 15.1. The first-order valence-corrected chi connectivity index (χ1v) is 8.43. The van der Waals surface area contributed by atoms with Crippen molar-refractivity contribution in [1.29, 1.82) is 5.26 Å². The standard InChI is InChI=1S/C19H18N2O3S/c1-12-4-6-16(13(2)8-12)19(23)24-10-18(22)21-17-7-5-15(25-11-20)9-14(17)3/h4-9H,10H2,1-3H3,(H,21,22). The summed E-state index contributed by atoms with van der Waals surface area (Å²) >= 11 is 1.05. The number of amides is 1. The highest BCUT2D eigenvalue weighted by molar-refractivity contribution is 8.03. The number of carbonyl (C=O) groups is 2. The van der Waals surface area contributed by atoms with Crippen molar-refractivity contribution in [2.24, 2.45) is 0 Å². The van der Waals surface area contributed by atoms with Gasteiger partial charge < -0.3 is 10.1 Å². The summed E-state index contributed by atoms with van der Waals surface area (Å²) in [7, 11) is 0. The van der Waals surface area contributed by atoms with E-state index >= 15 is 0 Å². The van der Waals surface area contributed by atoms with E-state index in [0.717, 1.165) is 33.3 Å². The molecule has 0 aliphatic heterocycles. The summed E-state index contributed by atoms with van der Waals surface area (Å²) in [5.41, 5.74) is 3.77. The van der Waals surface area contributed by atoms with Gasteiger partial charge in [-0.3, -0.25) is 4.79 Å². The second-order valence-corrected chi connectivity index (χ2v) is 6.47. The molecule has 0 unspecified atom stereocenters. The topological polar surface area (TPSA) is 79.2 Å². The zero-order valence-electron chi connectivity index (χ0n) is 14.3. The van der Waals surface area contributed by atoms with Crippen molar-refractivity contribution >= 4 is 29.3 Å². The first kappa shape index (κ1) is 18.6. The Hall–Kier alpha value is -2.78. The van der Waals surface area contributed by atoms with Gasteiger partial charge in [0.15, 0.2) is 6.61 Å². The SMILES string of the molecule is Cc1ccc(C(=O)OCC(=O)Nc2ccc(SC#N)cc2C)c(C)c1. The zero-order chi connectivity index (χ0) is 18.4. The second-order valence-electron chi connectivity index (χ2n) is 5.61. The highest BCUT2D eigenvalue weighted by Gasteiger charge is 2.13. The second kappa shape index (κ2) is 8.36. The lowest BCUT2D eigenvalue weighted by molar-refractivity contribution is -0.119. The fourth-order valence-electron chi connectivity index (χ4n) is 2.33. The Morgan fingerprint density at radius 1 is 1.12 bits per heavy atom. The summed E-state index contributed by atoms with van der Waals surface area (Å²) < 4.78 is 5.09. The molecule has 5 nitrogen and oxygen atoms in total. The van der Waals surface area contributed by atoms with Crippen molar-refractivity contribution in [2.45, 2.75) is 25.7 Å². The Morgan fingerprint density at radius 2 is 1.88 bits per heavy atom. The third kappa shape index (κ3) is 5.10. The molecule has 0 radical (unpaired) electrons. The number of aryl methyl sites for hydroxylation is 3. The smallest absolute Gasteiger partial charge is 0.338 e. The lowest BCUT2D eigenvalue weighted by atomic mass is 10.1. The molecule has 0 aliphatic rings. The summed E-state index contributed by atoms with van der Waals surface area (Å²) in [5.74, 6) is -0.938. The van der Waals surface area contributed by atoms with Gasteiger partial charge in [-0.25, -0.2) is 4.79 Å². The molecule has 2 aromatic carbocycles. The van der Waals surface area contributed by atoms with Crippen LogP contribution in [0.4, 0.5) is 5.69 Å². The normalized spacial score (nSPS) is 10.0. The van der Waals surface area contributed by atoms with Crippen LogP contribution in [0.2, 0.25) is 0 Å². The molecule has 1 amide bonds. The van der Waals surface area contributed by atoms with Crippen LogP contribution < -0.4 is 5.32 Å². The Morgan fingerprint density at radius 3 is 2.52 bits per heavy atom. The van der Waals surface area contributed by atoms with Crippen LogP contribution in [0.1, 0.15) is 27.0 Å². The molecule has 1 N–H and O–H groups in total. The number of nitriles is 1. The molecule has 0 saturated carbocycles. The molecule has 0 atom stereocenters. The van der Waals surface area contributed by atoms with Gasteiger partial charge in [-0.05, 0) is 67.9 Å². The van der Waals surface area contributed by atoms with Crippen molar-refractivity contribution in [3.8, 4) is 5.40 Å². The maximum absolute atomic E-state index is 12.1. The lowest BCUT2D eigenvalue weighted by Gasteiger charge is -2.10. The predicted molar refractivity (Wildman–Crippen MR) is 97.5 cm³/mol. The van der Waals surface area contributed by atoms with E-state index in [4.69, 9.17) is 10.00 Å². The lowest BCUT2D eigenvalue weighted by Crippen LogP contribution is -2.21. The van der Waals surface area contributed by atoms with Gasteiger partial charge in [-0.15, -0.1) is 0 Å². The number of ether oxygens (including phenoxy) is 1. The molecule has 2 aromatic rings. The number of esters is 1. The summed E-state index contributed by atoms with van der Waals surface area (Å²) in [6.45, 7) is 5.24. The maximum atomic E-state index is 12.1. The van der Waals surface area contributed by atoms with Gasteiger partial charge in [0, 0.05) is 10.6 Å². The quantitative estimate of drug-likeness (QED) is 0.499. The summed E-state index contributed by atoms with van der Waals surface area (Å²) in [5, 5.41) is 13.4.